The molecule has 0 radical (unpaired) electrons. The first-order chi connectivity index (χ1) is 7.70. The molecular formula is C14H13NS. The van der Waals surface area contributed by atoms with Crippen LogP contribution < -0.4 is 0 Å². The van der Waals surface area contributed by atoms with Crippen LogP contribution in [-0.4, -0.2) is 0 Å². The van der Waals surface area contributed by atoms with Crippen molar-refractivity contribution in [1.82, 2.24) is 0 Å². The van der Waals surface area contributed by atoms with E-state index < -0.39 is 0 Å². The van der Waals surface area contributed by atoms with E-state index >= 15 is 0 Å². The van der Waals surface area contributed by atoms with Crippen molar-refractivity contribution in [2.24, 2.45) is 0 Å². The average Bonchev–Trinajstić information content (AvgIpc) is 2.77. The van der Waals surface area contributed by atoms with Crippen LogP contribution in [0.5, 0.6) is 0 Å². The molecule has 2 heteroatoms. The summed E-state index contributed by atoms with van der Waals surface area (Å²) in [4.78, 5) is 1.16. The topological polar surface area (TPSA) is 23.8 Å². The highest BCUT2D eigenvalue weighted by molar-refractivity contribution is 7.13. The van der Waals surface area contributed by atoms with Gasteiger partial charge in [-0.05, 0) is 23.1 Å². The van der Waals surface area contributed by atoms with Gasteiger partial charge in [-0.3, -0.25) is 0 Å². The minimum absolute atomic E-state index is 0.562. The highest BCUT2D eigenvalue weighted by Gasteiger charge is 2.03. The maximum Gasteiger partial charge on any atom is 0.100 e. The second-order valence-electron chi connectivity index (χ2n) is 4.09. The minimum Gasteiger partial charge on any atom is -0.192 e. The molecule has 0 aliphatic heterocycles. The molecule has 1 aromatic heterocycles. The van der Waals surface area contributed by atoms with Crippen LogP contribution in [0.25, 0.3) is 10.4 Å². The lowest BCUT2D eigenvalue weighted by molar-refractivity contribution is 0.867. The standard InChI is InChI=1S/C14H13NS/c1-10(2)12-3-5-13(6-4-12)14-7-11(8-15)9-16-14/h3-7,9-10H,1-2H3. The molecule has 1 heterocycles. The Morgan fingerprint density at radius 1 is 1.19 bits per heavy atom. The van der Waals surface area contributed by atoms with Crippen molar-refractivity contribution >= 4 is 11.3 Å². The third kappa shape index (κ3) is 2.15. The maximum absolute atomic E-state index is 8.77. The normalized spacial score (nSPS) is 10.4. The number of nitriles is 1. The van der Waals surface area contributed by atoms with Gasteiger partial charge >= 0.3 is 0 Å². The molecule has 80 valence electrons. The van der Waals surface area contributed by atoms with Crippen molar-refractivity contribution in [3.8, 4) is 16.5 Å². The van der Waals surface area contributed by atoms with Gasteiger partial charge in [-0.1, -0.05) is 38.1 Å². The lowest BCUT2D eigenvalue weighted by atomic mass is 10.0. The number of hydrogen-bond donors (Lipinski definition) is 0. The molecule has 0 saturated carbocycles. The second kappa shape index (κ2) is 4.51. The highest BCUT2D eigenvalue weighted by Crippen LogP contribution is 2.28. The van der Waals surface area contributed by atoms with E-state index in [1.807, 2.05) is 11.4 Å². The molecule has 0 spiro atoms. The first-order valence-corrected chi connectivity index (χ1v) is 6.17. The largest absolute Gasteiger partial charge is 0.192 e. The minimum atomic E-state index is 0.562. The second-order valence-corrected chi connectivity index (χ2v) is 5.00. The van der Waals surface area contributed by atoms with E-state index in [4.69, 9.17) is 5.26 Å². The van der Waals surface area contributed by atoms with Gasteiger partial charge in [-0.25, -0.2) is 0 Å². The summed E-state index contributed by atoms with van der Waals surface area (Å²) in [6.45, 7) is 4.38. The van der Waals surface area contributed by atoms with Crippen molar-refractivity contribution in [1.29, 1.82) is 5.26 Å². The third-order valence-corrected chi connectivity index (χ3v) is 3.57. The number of rotatable bonds is 2. The summed E-state index contributed by atoms with van der Waals surface area (Å²) >= 11 is 1.62. The smallest absolute Gasteiger partial charge is 0.100 e. The van der Waals surface area contributed by atoms with Crippen molar-refractivity contribution in [3.05, 3.63) is 46.8 Å². The summed E-state index contributed by atoms with van der Waals surface area (Å²) in [6.07, 6.45) is 0. The summed E-state index contributed by atoms with van der Waals surface area (Å²) in [6, 6.07) is 12.7. The van der Waals surface area contributed by atoms with Gasteiger partial charge in [0.2, 0.25) is 0 Å². The third-order valence-electron chi connectivity index (χ3n) is 2.59. The summed E-state index contributed by atoms with van der Waals surface area (Å²) < 4.78 is 0. The molecule has 2 aromatic rings. The van der Waals surface area contributed by atoms with Gasteiger partial charge in [0.25, 0.3) is 0 Å². The summed E-state index contributed by atoms with van der Waals surface area (Å²) in [5.41, 5.74) is 3.28. The van der Waals surface area contributed by atoms with Gasteiger partial charge in [-0.2, -0.15) is 5.26 Å². The fourth-order valence-electron chi connectivity index (χ4n) is 1.58. The van der Waals surface area contributed by atoms with Crippen LogP contribution >= 0.6 is 11.3 Å². The van der Waals surface area contributed by atoms with Gasteiger partial charge in [0.1, 0.15) is 6.07 Å². The van der Waals surface area contributed by atoms with E-state index in [-0.39, 0.29) is 0 Å². The summed E-state index contributed by atoms with van der Waals surface area (Å²) in [5, 5.41) is 10.7. The summed E-state index contributed by atoms with van der Waals surface area (Å²) in [5.74, 6) is 0.562. The van der Waals surface area contributed by atoms with Crippen LogP contribution in [-0.2, 0) is 0 Å². The lowest BCUT2D eigenvalue weighted by Crippen LogP contribution is -1.85. The Morgan fingerprint density at radius 2 is 1.88 bits per heavy atom. The van der Waals surface area contributed by atoms with Crippen LogP contribution in [0.3, 0.4) is 0 Å². The van der Waals surface area contributed by atoms with E-state index in [0.717, 1.165) is 10.4 Å². The Morgan fingerprint density at radius 3 is 2.38 bits per heavy atom. The molecule has 0 saturated heterocycles. The van der Waals surface area contributed by atoms with Crippen molar-refractivity contribution in [2.45, 2.75) is 19.8 Å². The van der Waals surface area contributed by atoms with E-state index in [1.54, 1.807) is 11.3 Å². The Balaban J connectivity index is 2.31. The number of benzene rings is 1. The fraction of sp³-hybridized carbons (Fsp3) is 0.214. The molecule has 1 aromatic carbocycles. The first-order valence-electron chi connectivity index (χ1n) is 5.29. The molecule has 0 fully saturated rings. The average molecular weight is 227 g/mol. The van der Waals surface area contributed by atoms with Crippen molar-refractivity contribution in [2.75, 3.05) is 0 Å². The summed E-state index contributed by atoms with van der Waals surface area (Å²) in [7, 11) is 0. The predicted molar refractivity (Wildman–Crippen MR) is 68.6 cm³/mol. The van der Waals surface area contributed by atoms with Gasteiger partial charge in [-0.15, -0.1) is 11.3 Å². The molecule has 0 aliphatic carbocycles. The van der Waals surface area contributed by atoms with Gasteiger partial charge in [0.05, 0.1) is 5.56 Å². The lowest BCUT2D eigenvalue weighted by Gasteiger charge is -2.05. The van der Waals surface area contributed by atoms with Gasteiger partial charge < -0.3 is 0 Å². The van der Waals surface area contributed by atoms with Crippen molar-refractivity contribution < 1.29 is 0 Å². The molecule has 16 heavy (non-hydrogen) atoms. The molecule has 0 unspecified atom stereocenters. The van der Waals surface area contributed by atoms with E-state index in [2.05, 4.69) is 44.2 Å². The Labute approximate surface area is 100.0 Å². The zero-order valence-electron chi connectivity index (χ0n) is 9.40. The monoisotopic (exact) mass is 227 g/mol. The zero-order valence-corrected chi connectivity index (χ0v) is 10.2. The van der Waals surface area contributed by atoms with E-state index in [9.17, 15) is 0 Å². The molecule has 2 rings (SSSR count). The number of nitrogens with zero attached hydrogens (tertiary/aromatic N) is 1. The molecule has 0 atom stereocenters. The molecular weight excluding hydrogens is 214 g/mol. The van der Waals surface area contributed by atoms with Crippen LogP contribution in [0, 0.1) is 11.3 Å². The molecule has 0 N–H and O–H groups in total. The molecule has 0 aliphatic rings. The van der Waals surface area contributed by atoms with Crippen LogP contribution in [0.15, 0.2) is 35.7 Å². The molecule has 0 amide bonds. The van der Waals surface area contributed by atoms with Crippen molar-refractivity contribution in [3.63, 3.8) is 0 Å². The van der Waals surface area contributed by atoms with E-state index in [1.165, 1.54) is 11.1 Å². The Hall–Kier alpha value is -1.59. The first kappa shape index (κ1) is 10.9. The predicted octanol–water partition coefficient (Wildman–Crippen LogP) is 4.41. The van der Waals surface area contributed by atoms with Crippen LogP contribution in [0.4, 0.5) is 0 Å². The Bertz CT molecular complexity index is 514. The van der Waals surface area contributed by atoms with Crippen LogP contribution in [0.2, 0.25) is 0 Å². The van der Waals surface area contributed by atoms with Crippen LogP contribution in [0.1, 0.15) is 30.9 Å². The number of thiophene rings is 1. The number of hydrogen-bond acceptors (Lipinski definition) is 2. The Kier molecular flexibility index (Phi) is 3.07. The quantitative estimate of drug-likeness (QED) is 0.745. The van der Waals surface area contributed by atoms with Gasteiger partial charge in [0.15, 0.2) is 0 Å². The van der Waals surface area contributed by atoms with Gasteiger partial charge in [0, 0.05) is 10.3 Å². The van der Waals surface area contributed by atoms with E-state index in [0.29, 0.717) is 5.92 Å². The highest BCUT2D eigenvalue weighted by atomic mass is 32.1. The fourth-order valence-corrected chi connectivity index (χ4v) is 2.42. The molecule has 0 bridgehead atoms. The SMILES string of the molecule is CC(C)c1ccc(-c2cc(C#N)cs2)cc1. The molecule has 1 nitrogen and oxygen atoms in total. The zero-order chi connectivity index (χ0) is 11.5. The maximum atomic E-state index is 8.77.